The summed E-state index contributed by atoms with van der Waals surface area (Å²) >= 11 is 1.44. The van der Waals surface area contributed by atoms with Crippen LogP contribution in [0, 0.1) is 0 Å². The number of anilines is 1. The first kappa shape index (κ1) is 18.2. The van der Waals surface area contributed by atoms with Crippen molar-refractivity contribution in [2.24, 2.45) is 0 Å². The van der Waals surface area contributed by atoms with Crippen molar-refractivity contribution < 1.29 is 4.79 Å². The minimum Gasteiger partial charge on any atom is -0.296 e. The largest absolute Gasteiger partial charge is 0.296 e. The van der Waals surface area contributed by atoms with E-state index in [0.717, 1.165) is 23.5 Å². The maximum Gasteiger partial charge on any atom is 0.260 e. The Labute approximate surface area is 156 Å². The smallest absolute Gasteiger partial charge is 0.260 e. The summed E-state index contributed by atoms with van der Waals surface area (Å²) in [6.45, 7) is 6.25. The van der Waals surface area contributed by atoms with E-state index in [-0.39, 0.29) is 5.91 Å². The lowest BCUT2D eigenvalue weighted by atomic mass is 10.1. The van der Waals surface area contributed by atoms with Crippen LogP contribution in [0.25, 0.3) is 5.82 Å². The lowest BCUT2D eigenvalue weighted by molar-refractivity contribution is 0.102. The second-order valence-electron chi connectivity index (χ2n) is 5.87. The molecule has 1 amide bonds. The van der Waals surface area contributed by atoms with Gasteiger partial charge in [0.1, 0.15) is 5.01 Å². The zero-order valence-corrected chi connectivity index (χ0v) is 16.0. The molecule has 0 aliphatic heterocycles. The van der Waals surface area contributed by atoms with Crippen molar-refractivity contribution in [1.82, 2.24) is 25.0 Å². The van der Waals surface area contributed by atoms with Crippen molar-refractivity contribution in [3.63, 3.8) is 0 Å². The highest BCUT2D eigenvalue weighted by Gasteiger charge is 2.20. The number of pyridine rings is 1. The van der Waals surface area contributed by atoms with Gasteiger partial charge in [-0.3, -0.25) is 10.1 Å². The predicted molar refractivity (Wildman–Crippen MR) is 102 cm³/mol. The third-order valence-electron chi connectivity index (χ3n) is 4.31. The summed E-state index contributed by atoms with van der Waals surface area (Å²) in [7, 11) is 0. The molecule has 0 saturated carbocycles. The SMILES string of the molecule is CCc1c(C(=O)Nc2nnc(C(CC)CC)s2)cnn1-c1ccccn1. The van der Waals surface area contributed by atoms with E-state index in [1.54, 1.807) is 17.1 Å². The Morgan fingerprint density at radius 2 is 2.04 bits per heavy atom. The molecule has 0 aromatic carbocycles. The standard InChI is InChI=1S/C18H22N6OS/c1-4-12(5-2)17-22-23-18(26-17)21-16(25)13-11-20-24(14(13)6-3)15-9-7-8-10-19-15/h7-12H,4-6H2,1-3H3,(H,21,23,25). The molecule has 0 aliphatic rings. The molecule has 136 valence electrons. The maximum atomic E-state index is 12.7. The van der Waals surface area contributed by atoms with E-state index < -0.39 is 0 Å². The van der Waals surface area contributed by atoms with Crippen molar-refractivity contribution in [2.45, 2.75) is 46.0 Å². The zero-order chi connectivity index (χ0) is 18.5. The van der Waals surface area contributed by atoms with Gasteiger partial charge in [-0.2, -0.15) is 5.10 Å². The molecule has 3 aromatic heterocycles. The van der Waals surface area contributed by atoms with Crippen molar-refractivity contribution in [3.05, 3.63) is 46.9 Å². The predicted octanol–water partition coefficient (Wildman–Crippen LogP) is 3.84. The molecule has 1 N–H and O–H groups in total. The topological polar surface area (TPSA) is 85.6 Å². The summed E-state index contributed by atoms with van der Waals surface area (Å²) < 4.78 is 1.70. The first-order valence-corrected chi connectivity index (χ1v) is 9.62. The van der Waals surface area contributed by atoms with Crippen LogP contribution in [0.1, 0.15) is 60.6 Å². The number of amides is 1. The van der Waals surface area contributed by atoms with Crippen LogP contribution in [0.15, 0.2) is 30.6 Å². The Morgan fingerprint density at radius 3 is 2.69 bits per heavy atom. The van der Waals surface area contributed by atoms with E-state index >= 15 is 0 Å². The second-order valence-corrected chi connectivity index (χ2v) is 6.88. The van der Waals surface area contributed by atoms with Gasteiger partial charge in [0.15, 0.2) is 5.82 Å². The van der Waals surface area contributed by atoms with Crippen LogP contribution in [0.4, 0.5) is 5.13 Å². The first-order chi connectivity index (χ1) is 12.7. The fourth-order valence-electron chi connectivity index (χ4n) is 2.83. The quantitative estimate of drug-likeness (QED) is 0.683. The third kappa shape index (κ3) is 3.65. The highest BCUT2D eigenvalue weighted by Crippen LogP contribution is 2.28. The van der Waals surface area contributed by atoms with Gasteiger partial charge < -0.3 is 0 Å². The van der Waals surface area contributed by atoms with Crippen molar-refractivity contribution in [2.75, 3.05) is 5.32 Å². The molecule has 8 heteroatoms. The Balaban J connectivity index is 1.82. The molecule has 0 radical (unpaired) electrons. The van der Waals surface area contributed by atoms with Gasteiger partial charge in [-0.1, -0.05) is 38.2 Å². The van der Waals surface area contributed by atoms with Crippen molar-refractivity contribution >= 4 is 22.4 Å². The minimum absolute atomic E-state index is 0.226. The van der Waals surface area contributed by atoms with E-state index in [1.165, 1.54) is 11.3 Å². The number of nitrogens with zero attached hydrogens (tertiary/aromatic N) is 5. The van der Waals surface area contributed by atoms with Crippen molar-refractivity contribution in [1.29, 1.82) is 0 Å². The molecular formula is C18H22N6OS. The van der Waals surface area contributed by atoms with Gasteiger partial charge >= 0.3 is 0 Å². The average Bonchev–Trinajstić information content (AvgIpc) is 3.30. The zero-order valence-electron chi connectivity index (χ0n) is 15.1. The monoisotopic (exact) mass is 370 g/mol. The summed E-state index contributed by atoms with van der Waals surface area (Å²) in [5.74, 6) is 0.850. The molecule has 3 heterocycles. The fourth-order valence-corrected chi connectivity index (χ4v) is 3.84. The fraction of sp³-hybridized carbons (Fsp3) is 0.389. The highest BCUT2D eigenvalue weighted by atomic mass is 32.1. The Morgan fingerprint density at radius 1 is 1.23 bits per heavy atom. The molecule has 26 heavy (non-hydrogen) atoms. The summed E-state index contributed by atoms with van der Waals surface area (Å²) in [4.78, 5) is 17.0. The molecule has 0 unspecified atom stereocenters. The van der Waals surface area contributed by atoms with E-state index in [2.05, 4.69) is 39.4 Å². The van der Waals surface area contributed by atoms with Crippen LogP contribution in [0.5, 0.6) is 0 Å². The van der Waals surface area contributed by atoms with Gasteiger partial charge in [0.2, 0.25) is 5.13 Å². The van der Waals surface area contributed by atoms with Crippen LogP contribution in [0.3, 0.4) is 0 Å². The normalized spacial score (nSPS) is 11.1. The van der Waals surface area contributed by atoms with E-state index in [0.29, 0.717) is 28.9 Å². The van der Waals surface area contributed by atoms with E-state index in [1.807, 2.05) is 25.1 Å². The van der Waals surface area contributed by atoms with Gasteiger partial charge in [-0.05, 0) is 31.4 Å². The maximum absolute atomic E-state index is 12.7. The summed E-state index contributed by atoms with van der Waals surface area (Å²) in [6.07, 6.45) is 5.96. The molecule has 7 nitrogen and oxygen atoms in total. The molecule has 0 fully saturated rings. The molecule has 0 saturated heterocycles. The summed E-state index contributed by atoms with van der Waals surface area (Å²) in [5.41, 5.74) is 1.34. The Hall–Kier alpha value is -2.61. The van der Waals surface area contributed by atoms with Gasteiger partial charge in [-0.25, -0.2) is 9.67 Å². The van der Waals surface area contributed by atoms with Gasteiger partial charge in [0.05, 0.1) is 17.5 Å². The average molecular weight is 370 g/mol. The molecule has 0 atom stereocenters. The number of nitrogens with one attached hydrogen (secondary N) is 1. The van der Waals surface area contributed by atoms with E-state index in [9.17, 15) is 4.79 Å². The van der Waals surface area contributed by atoms with Crippen LogP contribution >= 0.6 is 11.3 Å². The van der Waals surface area contributed by atoms with Crippen LogP contribution in [0.2, 0.25) is 0 Å². The second kappa shape index (κ2) is 8.18. The number of hydrogen-bond donors (Lipinski definition) is 1. The first-order valence-electron chi connectivity index (χ1n) is 8.80. The number of carbonyl (C=O) groups excluding carboxylic acids is 1. The van der Waals surface area contributed by atoms with Crippen LogP contribution in [-0.4, -0.2) is 30.9 Å². The Kier molecular flexibility index (Phi) is 5.72. The molecule has 3 rings (SSSR count). The highest BCUT2D eigenvalue weighted by molar-refractivity contribution is 7.15. The van der Waals surface area contributed by atoms with Crippen LogP contribution in [-0.2, 0) is 6.42 Å². The van der Waals surface area contributed by atoms with Gasteiger partial charge in [0, 0.05) is 12.1 Å². The van der Waals surface area contributed by atoms with Crippen molar-refractivity contribution in [3.8, 4) is 5.82 Å². The number of hydrogen-bond acceptors (Lipinski definition) is 6. The number of carbonyl (C=O) groups is 1. The third-order valence-corrected chi connectivity index (χ3v) is 5.31. The van der Waals surface area contributed by atoms with E-state index in [4.69, 9.17) is 0 Å². The molecule has 3 aromatic rings. The molecule has 0 bridgehead atoms. The lowest BCUT2D eigenvalue weighted by Gasteiger charge is -2.07. The summed E-state index contributed by atoms with van der Waals surface area (Å²) in [5, 5.41) is 17.0. The molecule has 0 spiro atoms. The molecular weight excluding hydrogens is 348 g/mol. The Bertz CT molecular complexity index is 869. The van der Waals surface area contributed by atoms with Gasteiger partial charge in [-0.15, -0.1) is 10.2 Å². The molecule has 0 aliphatic carbocycles. The van der Waals surface area contributed by atoms with Crippen LogP contribution < -0.4 is 5.32 Å². The number of rotatable bonds is 7. The van der Waals surface area contributed by atoms with Gasteiger partial charge in [0.25, 0.3) is 5.91 Å². The minimum atomic E-state index is -0.226. The lowest BCUT2D eigenvalue weighted by Crippen LogP contribution is -2.14. The number of aromatic nitrogens is 5. The summed E-state index contributed by atoms with van der Waals surface area (Å²) in [6, 6.07) is 5.60.